The zero-order valence-electron chi connectivity index (χ0n) is 11.0. The van der Waals surface area contributed by atoms with Gasteiger partial charge in [-0.15, -0.1) is 0 Å². The van der Waals surface area contributed by atoms with Crippen LogP contribution < -0.4 is 5.32 Å². The van der Waals surface area contributed by atoms with Gasteiger partial charge in [0.25, 0.3) is 5.91 Å². The van der Waals surface area contributed by atoms with Crippen molar-refractivity contribution in [3.05, 3.63) is 41.5 Å². The Morgan fingerprint density at radius 3 is 2.95 bits per heavy atom. The van der Waals surface area contributed by atoms with Crippen molar-refractivity contribution in [3.8, 4) is 11.4 Å². The summed E-state index contributed by atoms with van der Waals surface area (Å²) in [5, 5.41) is 2.86. The molecule has 0 atom stereocenters. The molecule has 5 heteroatoms. The average molecular weight is 266 g/mol. The maximum atomic E-state index is 11.9. The van der Waals surface area contributed by atoms with Crippen LogP contribution in [-0.2, 0) is 6.42 Å². The third-order valence-corrected chi connectivity index (χ3v) is 3.89. The molecule has 1 aliphatic heterocycles. The van der Waals surface area contributed by atoms with Crippen molar-refractivity contribution in [2.24, 2.45) is 0 Å². The second kappa shape index (κ2) is 4.37. The smallest absolute Gasteiger partial charge is 0.251 e. The van der Waals surface area contributed by atoms with Crippen LogP contribution in [0.5, 0.6) is 0 Å². The molecule has 0 saturated heterocycles. The van der Waals surface area contributed by atoms with Crippen LogP contribution in [-0.4, -0.2) is 27.4 Å². The minimum Gasteiger partial charge on any atom is -0.352 e. The van der Waals surface area contributed by atoms with Crippen LogP contribution in [0.25, 0.3) is 11.4 Å². The first kappa shape index (κ1) is 11.5. The van der Waals surface area contributed by atoms with E-state index in [1.165, 1.54) is 12.8 Å². The third-order valence-electron chi connectivity index (χ3n) is 3.89. The number of rotatable bonds is 2. The van der Waals surface area contributed by atoms with E-state index in [9.17, 15) is 4.79 Å². The van der Waals surface area contributed by atoms with Crippen molar-refractivity contribution in [3.63, 3.8) is 0 Å². The zero-order chi connectivity index (χ0) is 13.5. The van der Waals surface area contributed by atoms with Gasteiger partial charge in [-0.3, -0.25) is 9.78 Å². The minimum atomic E-state index is -0.0219. The Bertz CT molecular complexity index is 694. The molecule has 1 amide bonds. The highest BCUT2D eigenvalue weighted by Gasteiger charge is 2.26. The van der Waals surface area contributed by atoms with Crippen LogP contribution in [0, 0.1) is 0 Å². The van der Waals surface area contributed by atoms with Gasteiger partial charge in [-0.05, 0) is 37.0 Å². The molecule has 0 aromatic carbocycles. The van der Waals surface area contributed by atoms with Crippen molar-refractivity contribution >= 4 is 5.91 Å². The second-order valence-electron chi connectivity index (χ2n) is 5.29. The lowest BCUT2D eigenvalue weighted by Gasteiger charge is -2.18. The van der Waals surface area contributed by atoms with E-state index in [1.54, 1.807) is 18.6 Å². The number of pyridine rings is 1. The summed E-state index contributed by atoms with van der Waals surface area (Å²) in [6, 6.07) is 3.79. The van der Waals surface area contributed by atoms with Crippen LogP contribution >= 0.6 is 0 Å². The molecule has 0 radical (unpaired) electrons. The zero-order valence-corrected chi connectivity index (χ0v) is 11.0. The van der Waals surface area contributed by atoms with Crippen molar-refractivity contribution < 1.29 is 4.79 Å². The summed E-state index contributed by atoms with van der Waals surface area (Å²) in [5.41, 5.74) is 4.45. The van der Waals surface area contributed by atoms with Crippen molar-refractivity contribution in [1.82, 2.24) is 20.3 Å². The molecule has 3 heterocycles. The van der Waals surface area contributed by atoms with Gasteiger partial charge in [-0.25, -0.2) is 9.97 Å². The van der Waals surface area contributed by atoms with E-state index >= 15 is 0 Å². The van der Waals surface area contributed by atoms with Crippen molar-refractivity contribution in [1.29, 1.82) is 0 Å². The Hall–Kier alpha value is -2.30. The normalized spacial score (nSPS) is 17.5. The molecule has 2 aliphatic rings. The summed E-state index contributed by atoms with van der Waals surface area (Å²) in [6.07, 6.45) is 6.50. The van der Waals surface area contributed by atoms with Crippen LogP contribution in [0.4, 0.5) is 0 Å². The maximum absolute atomic E-state index is 11.9. The summed E-state index contributed by atoms with van der Waals surface area (Å²) < 4.78 is 0. The highest BCUT2D eigenvalue weighted by Crippen LogP contribution is 2.39. The third kappa shape index (κ3) is 1.86. The van der Waals surface area contributed by atoms with E-state index in [-0.39, 0.29) is 5.91 Å². The number of nitrogens with one attached hydrogen (secondary N) is 1. The van der Waals surface area contributed by atoms with Gasteiger partial charge in [-0.1, -0.05) is 0 Å². The van der Waals surface area contributed by atoms with E-state index in [4.69, 9.17) is 0 Å². The molecule has 1 aliphatic carbocycles. The quantitative estimate of drug-likeness (QED) is 0.898. The van der Waals surface area contributed by atoms with Gasteiger partial charge in [0, 0.05) is 29.9 Å². The Labute approximate surface area is 116 Å². The minimum absolute atomic E-state index is 0.0219. The first-order valence-electron chi connectivity index (χ1n) is 6.91. The van der Waals surface area contributed by atoms with E-state index in [0.717, 1.165) is 29.1 Å². The van der Waals surface area contributed by atoms with E-state index < -0.39 is 0 Å². The Morgan fingerprint density at radius 1 is 1.20 bits per heavy atom. The number of aromatic nitrogens is 3. The molecular weight excluding hydrogens is 252 g/mol. The summed E-state index contributed by atoms with van der Waals surface area (Å²) in [7, 11) is 0. The number of carbonyl (C=O) groups excluding carboxylic acids is 1. The molecule has 0 bridgehead atoms. The van der Waals surface area contributed by atoms with Crippen LogP contribution in [0.2, 0.25) is 0 Å². The fourth-order valence-corrected chi connectivity index (χ4v) is 2.68. The molecule has 2 aromatic heterocycles. The highest BCUT2D eigenvalue weighted by atomic mass is 16.1. The van der Waals surface area contributed by atoms with Crippen molar-refractivity contribution in [2.45, 2.75) is 25.2 Å². The molecule has 2 aromatic rings. The fraction of sp³-hybridized carbons (Fsp3) is 0.333. The standard InChI is InChI=1S/C15H14N4O/c20-15-11-4-5-16-14(10(11)3-6-17-15)13-7-12(9-1-2-9)18-8-19-13/h4-5,7-9H,1-3,6H2,(H,17,20). The summed E-state index contributed by atoms with van der Waals surface area (Å²) in [6.45, 7) is 0.658. The van der Waals surface area contributed by atoms with Gasteiger partial charge in [0.15, 0.2) is 0 Å². The fourth-order valence-electron chi connectivity index (χ4n) is 2.68. The number of hydrogen-bond acceptors (Lipinski definition) is 4. The summed E-state index contributed by atoms with van der Waals surface area (Å²) in [5.74, 6) is 0.561. The topological polar surface area (TPSA) is 67.8 Å². The lowest BCUT2D eigenvalue weighted by atomic mass is 9.97. The van der Waals surface area contributed by atoms with Crippen LogP contribution in [0.3, 0.4) is 0 Å². The number of carbonyl (C=O) groups is 1. The Morgan fingerprint density at radius 2 is 2.10 bits per heavy atom. The molecular formula is C15H14N4O. The summed E-state index contributed by atoms with van der Waals surface area (Å²) >= 11 is 0. The number of nitrogens with zero attached hydrogens (tertiary/aromatic N) is 3. The van der Waals surface area contributed by atoms with E-state index in [0.29, 0.717) is 18.0 Å². The molecule has 4 rings (SSSR count). The Balaban J connectivity index is 1.84. The maximum Gasteiger partial charge on any atom is 0.251 e. The van der Waals surface area contributed by atoms with Gasteiger partial charge >= 0.3 is 0 Å². The predicted molar refractivity (Wildman–Crippen MR) is 73.3 cm³/mol. The number of fused-ring (bicyclic) bond motifs is 1. The van der Waals surface area contributed by atoms with Gasteiger partial charge in [0.1, 0.15) is 6.33 Å². The van der Waals surface area contributed by atoms with E-state index in [1.807, 2.05) is 6.07 Å². The van der Waals surface area contributed by atoms with Gasteiger partial charge in [-0.2, -0.15) is 0 Å². The van der Waals surface area contributed by atoms with Crippen molar-refractivity contribution in [2.75, 3.05) is 6.54 Å². The average Bonchev–Trinajstić information content (AvgIpc) is 3.32. The van der Waals surface area contributed by atoms with Gasteiger partial charge < -0.3 is 5.32 Å². The van der Waals surface area contributed by atoms with Crippen LogP contribution in [0.15, 0.2) is 24.7 Å². The number of hydrogen-bond donors (Lipinski definition) is 1. The first-order chi connectivity index (χ1) is 9.83. The second-order valence-corrected chi connectivity index (χ2v) is 5.29. The highest BCUT2D eigenvalue weighted by molar-refractivity contribution is 5.98. The lowest BCUT2D eigenvalue weighted by molar-refractivity contribution is 0.0946. The first-order valence-corrected chi connectivity index (χ1v) is 6.91. The SMILES string of the molecule is O=C1NCCc2c1ccnc2-c1cc(C2CC2)ncn1. The van der Waals surface area contributed by atoms with Gasteiger partial charge in [0.05, 0.1) is 11.4 Å². The largest absolute Gasteiger partial charge is 0.352 e. The molecule has 0 unspecified atom stereocenters. The predicted octanol–water partition coefficient (Wildman–Crippen LogP) is 1.70. The Kier molecular flexibility index (Phi) is 2.52. The molecule has 1 fully saturated rings. The molecule has 1 N–H and O–H groups in total. The molecule has 1 saturated carbocycles. The number of amides is 1. The lowest BCUT2D eigenvalue weighted by Crippen LogP contribution is -2.32. The van der Waals surface area contributed by atoms with E-state index in [2.05, 4.69) is 20.3 Å². The molecule has 20 heavy (non-hydrogen) atoms. The van der Waals surface area contributed by atoms with Crippen LogP contribution in [0.1, 0.15) is 40.4 Å². The molecule has 0 spiro atoms. The molecule has 5 nitrogen and oxygen atoms in total. The monoisotopic (exact) mass is 266 g/mol. The molecule has 100 valence electrons. The van der Waals surface area contributed by atoms with Gasteiger partial charge in [0.2, 0.25) is 0 Å². The summed E-state index contributed by atoms with van der Waals surface area (Å²) in [4.78, 5) is 25.0.